The summed E-state index contributed by atoms with van der Waals surface area (Å²) >= 11 is 0. The van der Waals surface area contributed by atoms with Crippen LogP contribution in [0.1, 0.15) is 53.9 Å². The van der Waals surface area contributed by atoms with E-state index >= 15 is 0 Å². The van der Waals surface area contributed by atoms with Crippen LogP contribution in [0.15, 0.2) is 23.3 Å². The summed E-state index contributed by atoms with van der Waals surface area (Å²) in [5.74, 6) is 0.873. The molecule has 0 saturated heterocycles. The zero-order chi connectivity index (χ0) is 12.3. The molecular weight excluding hydrogens is 196 g/mol. The van der Waals surface area contributed by atoms with Crippen molar-refractivity contribution in [3.05, 3.63) is 23.3 Å². The molecule has 90 valence electrons. The van der Waals surface area contributed by atoms with E-state index in [4.69, 9.17) is 0 Å². The third kappa shape index (κ3) is 2.63. The molecule has 1 heteroatoms. The van der Waals surface area contributed by atoms with E-state index in [1.165, 1.54) is 30.4 Å². The number of allylic oxidation sites excluding steroid dienone is 4. The Hall–Kier alpha value is -0.850. The first-order chi connectivity index (χ1) is 7.39. The molecule has 0 spiro atoms. The molecule has 0 aromatic carbocycles. The highest BCUT2D eigenvalue weighted by molar-refractivity contribution is 5.87. The van der Waals surface area contributed by atoms with Crippen molar-refractivity contribution in [3.8, 4) is 0 Å². The molecule has 0 aromatic heterocycles. The maximum absolute atomic E-state index is 11.0. The zero-order valence-electron chi connectivity index (χ0n) is 11.3. The average Bonchev–Trinajstić information content (AvgIpc) is 2.16. The van der Waals surface area contributed by atoms with Gasteiger partial charge in [-0.25, -0.2) is 0 Å². The lowest BCUT2D eigenvalue weighted by molar-refractivity contribution is -0.112. The van der Waals surface area contributed by atoms with Crippen molar-refractivity contribution < 1.29 is 4.79 Å². The minimum atomic E-state index is 0.134. The molecule has 0 aromatic rings. The molecule has 1 aliphatic rings. The molecular formula is C15H24O. The van der Waals surface area contributed by atoms with E-state index in [0.717, 1.165) is 5.92 Å². The van der Waals surface area contributed by atoms with E-state index in [1.807, 2.05) is 6.08 Å². The quantitative estimate of drug-likeness (QED) is 0.648. The summed E-state index contributed by atoms with van der Waals surface area (Å²) in [6.45, 7) is 10.7. The maximum Gasteiger partial charge on any atom is 0.152 e. The Kier molecular flexibility index (Phi) is 4.12. The highest BCUT2D eigenvalue weighted by atomic mass is 16.1. The lowest BCUT2D eigenvalue weighted by Crippen LogP contribution is -2.29. The molecule has 0 heterocycles. The van der Waals surface area contributed by atoms with E-state index in [2.05, 4.69) is 27.7 Å². The Morgan fingerprint density at radius 1 is 1.50 bits per heavy atom. The second-order valence-corrected chi connectivity index (χ2v) is 5.50. The lowest BCUT2D eigenvalue weighted by Gasteiger charge is -2.40. The molecule has 0 bridgehead atoms. The Bertz CT molecular complexity index is 331. The molecule has 1 nitrogen and oxygen atoms in total. The standard InChI is InChI=1S/C15H24O/c1-6-13-9-7-11(2)14(15(13,4)5)10-8-12(3)16/h8,10,13H,6-7,9H2,1-5H3/b10-8+/t13-/m1/s1. The van der Waals surface area contributed by atoms with Crippen molar-refractivity contribution in [3.63, 3.8) is 0 Å². The van der Waals surface area contributed by atoms with Crippen LogP contribution >= 0.6 is 0 Å². The molecule has 0 unspecified atom stereocenters. The first-order valence-corrected chi connectivity index (χ1v) is 6.28. The van der Waals surface area contributed by atoms with Gasteiger partial charge in [0.2, 0.25) is 0 Å². The van der Waals surface area contributed by atoms with Crippen LogP contribution in [0.2, 0.25) is 0 Å². The van der Waals surface area contributed by atoms with Crippen LogP contribution in [-0.2, 0) is 4.79 Å². The Balaban J connectivity index is 3.06. The third-order valence-corrected chi connectivity index (χ3v) is 4.02. The molecule has 16 heavy (non-hydrogen) atoms. The predicted octanol–water partition coefficient (Wildman–Crippen LogP) is 4.29. The topological polar surface area (TPSA) is 17.1 Å². The van der Waals surface area contributed by atoms with Crippen molar-refractivity contribution in [1.29, 1.82) is 0 Å². The molecule has 0 saturated carbocycles. The number of ketones is 1. The van der Waals surface area contributed by atoms with Gasteiger partial charge in [-0.05, 0) is 49.7 Å². The first kappa shape index (κ1) is 13.2. The van der Waals surface area contributed by atoms with Gasteiger partial charge in [0.05, 0.1) is 0 Å². The highest BCUT2D eigenvalue weighted by Gasteiger charge is 2.34. The summed E-state index contributed by atoms with van der Waals surface area (Å²) in [6.07, 6.45) is 7.43. The fraction of sp³-hybridized carbons (Fsp3) is 0.667. The molecule has 0 radical (unpaired) electrons. The molecule has 0 fully saturated rings. The van der Waals surface area contributed by atoms with E-state index in [-0.39, 0.29) is 11.2 Å². The normalized spacial score (nSPS) is 25.2. The van der Waals surface area contributed by atoms with E-state index in [1.54, 1.807) is 13.0 Å². The van der Waals surface area contributed by atoms with Crippen molar-refractivity contribution in [1.82, 2.24) is 0 Å². The molecule has 0 amide bonds. The summed E-state index contributed by atoms with van der Waals surface area (Å²) in [7, 11) is 0. The monoisotopic (exact) mass is 220 g/mol. The smallest absolute Gasteiger partial charge is 0.152 e. The number of carbonyl (C=O) groups excluding carboxylic acids is 1. The lowest BCUT2D eigenvalue weighted by atomic mass is 9.64. The average molecular weight is 220 g/mol. The van der Waals surface area contributed by atoms with Gasteiger partial charge in [-0.3, -0.25) is 4.79 Å². The van der Waals surface area contributed by atoms with Crippen LogP contribution in [0.5, 0.6) is 0 Å². The summed E-state index contributed by atoms with van der Waals surface area (Å²) in [5.41, 5.74) is 3.04. The van der Waals surface area contributed by atoms with Gasteiger partial charge in [0, 0.05) is 0 Å². The zero-order valence-corrected chi connectivity index (χ0v) is 11.3. The van der Waals surface area contributed by atoms with Gasteiger partial charge in [0.15, 0.2) is 5.78 Å². The number of carbonyl (C=O) groups is 1. The summed E-state index contributed by atoms with van der Waals surface area (Å²) < 4.78 is 0. The van der Waals surface area contributed by atoms with Crippen LogP contribution in [0, 0.1) is 11.3 Å². The minimum Gasteiger partial charge on any atom is -0.295 e. The first-order valence-electron chi connectivity index (χ1n) is 6.28. The second-order valence-electron chi connectivity index (χ2n) is 5.50. The summed E-state index contributed by atoms with van der Waals surface area (Å²) in [6, 6.07) is 0. The van der Waals surface area contributed by atoms with Crippen LogP contribution in [0.4, 0.5) is 0 Å². The van der Waals surface area contributed by atoms with Gasteiger partial charge < -0.3 is 0 Å². The SMILES string of the molecule is CC[C@@H]1CCC(C)=C(/C=C/C(C)=O)C1(C)C. The van der Waals surface area contributed by atoms with E-state index in [9.17, 15) is 4.79 Å². The van der Waals surface area contributed by atoms with Crippen LogP contribution in [0.3, 0.4) is 0 Å². The van der Waals surface area contributed by atoms with Crippen molar-refractivity contribution >= 4 is 5.78 Å². The van der Waals surface area contributed by atoms with Gasteiger partial charge in [0.1, 0.15) is 0 Å². The number of hydrogen-bond donors (Lipinski definition) is 0. The fourth-order valence-electron chi connectivity index (χ4n) is 2.93. The Labute approximate surface area is 99.6 Å². The third-order valence-electron chi connectivity index (χ3n) is 4.02. The van der Waals surface area contributed by atoms with Crippen LogP contribution in [0.25, 0.3) is 0 Å². The molecule has 1 atom stereocenters. The second kappa shape index (κ2) is 4.99. The number of hydrogen-bond acceptors (Lipinski definition) is 1. The van der Waals surface area contributed by atoms with Crippen LogP contribution in [-0.4, -0.2) is 5.78 Å². The number of rotatable bonds is 3. The molecule has 0 aliphatic heterocycles. The van der Waals surface area contributed by atoms with E-state index in [0.29, 0.717) is 0 Å². The van der Waals surface area contributed by atoms with Crippen molar-refractivity contribution in [2.45, 2.75) is 53.9 Å². The predicted molar refractivity (Wildman–Crippen MR) is 69.3 cm³/mol. The van der Waals surface area contributed by atoms with Gasteiger partial charge in [-0.15, -0.1) is 0 Å². The largest absolute Gasteiger partial charge is 0.295 e. The van der Waals surface area contributed by atoms with Gasteiger partial charge in [0.25, 0.3) is 0 Å². The van der Waals surface area contributed by atoms with Crippen molar-refractivity contribution in [2.75, 3.05) is 0 Å². The Morgan fingerprint density at radius 2 is 2.12 bits per heavy atom. The molecule has 0 N–H and O–H groups in total. The van der Waals surface area contributed by atoms with E-state index < -0.39 is 0 Å². The van der Waals surface area contributed by atoms with Gasteiger partial charge >= 0.3 is 0 Å². The highest BCUT2D eigenvalue weighted by Crippen LogP contribution is 2.46. The molecule has 1 aliphatic carbocycles. The van der Waals surface area contributed by atoms with Gasteiger partial charge in [-0.2, -0.15) is 0 Å². The Morgan fingerprint density at radius 3 is 2.62 bits per heavy atom. The van der Waals surface area contributed by atoms with Gasteiger partial charge in [-0.1, -0.05) is 38.8 Å². The fourth-order valence-corrected chi connectivity index (χ4v) is 2.93. The summed E-state index contributed by atoms with van der Waals surface area (Å²) in [5, 5.41) is 0. The van der Waals surface area contributed by atoms with Crippen molar-refractivity contribution in [2.24, 2.45) is 11.3 Å². The molecule has 1 rings (SSSR count). The minimum absolute atomic E-state index is 0.134. The summed E-state index contributed by atoms with van der Waals surface area (Å²) in [4.78, 5) is 11.0. The van der Waals surface area contributed by atoms with Crippen LogP contribution < -0.4 is 0 Å². The maximum atomic E-state index is 11.0.